The van der Waals surface area contributed by atoms with Crippen LogP contribution in [0.15, 0.2) is 0 Å². The molecule has 2 fully saturated rings. The molecule has 1 saturated carbocycles. The van der Waals surface area contributed by atoms with Crippen LogP contribution in [0, 0.1) is 0 Å². The molecular formula is C14H30O5S2Si2. The zero-order chi connectivity index (χ0) is 16.8. The third-order valence-corrected chi connectivity index (χ3v) is 12.1. The van der Waals surface area contributed by atoms with Crippen LogP contribution in [0.25, 0.3) is 0 Å². The van der Waals surface area contributed by atoms with Crippen LogP contribution in [0.2, 0.25) is 12.1 Å². The van der Waals surface area contributed by atoms with Crippen molar-refractivity contribution in [1.82, 2.24) is 0 Å². The summed E-state index contributed by atoms with van der Waals surface area (Å²) in [6.45, 7) is 0. The molecule has 0 aromatic heterocycles. The van der Waals surface area contributed by atoms with E-state index in [9.17, 15) is 0 Å². The monoisotopic (exact) mass is 398 g/mol. The van der Waals surface area contributed by atoms with E-state index < -0.39 is 17.6 Å². The van der Waals surface area contributed by atoms with Crippen LogP contribution in [-0.4, -0.2) is 55.5 Å². The molecule has 1 heterocycles. The minimum Gasteiger partial charge on any atom is -0.377 e. The molecule has 5 nitrogen and oxygen atoms in total. The average Bonchev–Trinajstić information content (AvgIpc) is 2.73. The molecule has 0 radical (unpaired) electrons. The molecule has 4 atom stereocenters. The summed E-state index contributed by atoms with van der Waals surface area (Å²) in [6.07, 6.45) is 6.29. The molecule has 23 heavy (non-hydrogen) atoms. The largest absolute Gasteiger partial charge is 0.493 e. The molecule has 0 aromatic carbocycles. The first-order chi connectivity index (χ1) is 11.1. The summed E-state index contributed by atoms with van der Waals surface area (Å²) in [5.41, 5.74) is 0. The second-order valence-electron chi connectivity index (χ2n) is 6.13. The average molecular weight is 399 g/mol. The highest BCUT2D eigenvalue weighted by Crippen LogP contribution is 2.38. The standard InChI is InChI=1S/C14H30O5S2Si2/c1-15-22(11-5-9-20)17-13-7-3-4-8-14(13)18-23(16-2,19-22)12-6-10-21/h13-14,20-21H,3-12H2,1-2H3. The molecule has 0 amide bonds. The predicted octanol–water partition coefficient (Wildman–Crippen LogP) is 3.17. The summed E-state index contributed by atoms with van der Waals surface area (Å²) in [5, 5.41) is 0. The lowest BCUT2D eigenvalue weighted by Gasteiger charge is -2.34. The van der Waals surface area contributed by atoms with Crippen LogP contribution in [0.4, 0.5) is 0 Å². The number of fused-ring (bicyclic) bond motifs is 1. The van der Waals surface area contributed by atoms with Gasteiger partial charge in [0, 0.05) is 26.3 Å². The Morgan fingerprint density at radius 1 is 0.870 bits per heavy atom. The fourth-order valence-corrected chi connectivity index (χ4v) is 11.5. The van der Waals surface area contributed by atoms with Gasteiger partial charge in [0.05, 0.1) is 12.2 Å². The zero-order valence-electron chi connectivity index (χ0n) is 14.2. The van der Waals surface area contributed by atoms with Crippen molar-refractivity contribution < 1.29 is 21.8 Å². The lowest BCUT2D eigenvalue weighted by atomic mass is 9.95. The van der Waals surface area contributed by atoms with E-state index in [-0.39, 0.29) is 12.2 Å². The van der Waals surface area contributed by atoms with Crippen molar-refractivity contribution >= 4 is 42.9 Å². The van der Waals surface area contributed by atoms with E-state index in [1.807, 2.05) is 0 Å². The second kappa shape index (κ2) is 9.58. The smallest absolute Gasteiger partial charge is 0.377 e. The van der Waals surface area contributed by atoms with Gasteiger partial charge in [-0.05, 0) is 37.2 Å². The molecule has 2 aliphatic rings. The number of rotatable bonds is 8. The van der Waals surface area contributed by atoms with Crippen LogP contribution in [0.5, 0.6) is 0 Å². The van der Waals surface area contributed by atoms with E-state index in [4.69, 9.17) is 21.8 Å². The highest BCUT2D eigenvalue weighted by molar-refractivity contribution is 7.80. The Labute approximate surface area is 153 Å². The fourth-order valence-electron chi connectivity index (χ4n) is 3.27. The summed E-state index contributed by atoms with van der Waals surface area (Å²) < 4.78 is 31.2. The summed E-state index contributed by atoms with van der Waals surface area (Å²) in [7, 11) is -2.22. The summed E-state index contributed by atoms with van der Waals surface area (Å²) >= 11 is 8.67. The number of hydrogen-bond donors (Lipinski definition) is 2. The highest BCUT2D eigenvalue weighted by Gasteiger charge is 2.58. The maximum atomic E-state index is 6.50. The van der Waals surface area contributed by atoms with Gasteiger partial charge in [-0.15, -0.1) is 0 Å². The third-order valence-electron chi connectivity index (χ3n) is 4.52. The normalized spacial score (nSPS) is 38.1. The van der Waals surface area contributed by atoms with E-state index in [0.29, 0.717) is 0 Å². The van der Waals surface area contributed by atoms with E-state index in [1.165, 1.54) is 12.8 Å². The van der Waals surface area contributed by atoms with Gasteiger partial charge in [0.1, 0.15) is 0 Å². The molecular weight excluding hydrogens is 368 g/mol. The molecule has 2 rings (SSSR count). The van der Waals surface area contributed by atoms with Crippen LogP contribution in [-0.2, 0) is 21.8 Å². The van der Waals surface area contributed by atoms with Crippen molar-refractivity contribution in [2.45, 2.75) is 62.8 Å². The summed E-state index contributed by atoms with van der Waals surface area (Å²) in [6, 6.07) is 1.52. The van der Waals surface area contributed by atoms with Crippen molar-refractivity contribution in [2.24, 2.45) is 0 Å². The maximum Gasteiger partial charge on any atom is 0.493 e. The van der Waals surface area contributed by atoms with Gasteiger partial charge in [-0.25, -0.2) is 0 Å². The first-order valence-electron chi connectivity index (χ1n) is 8.50. The fraction of sp³-hybridized carbons (Fsp3) is 1.00. The molecule has 1 aliphatic heterocycles. The van der Waals surface area contributed by atoms with Gasteiger partial charge in [0.2, 0.25) is 0 Å². The van der Waals surface area contributed by atoms with Crippen molar-refractivity contribution in [2.75, 3.05) is 25.7 Å². The molecule has 1 aliphatic carbocycles. The van der Waals surface area contributed by atoms with E-state index in [2.05, 4.69) is 25.3 Å². The van der Waals surface area contributed by atoms with Crippen molar-refractivity contribution in [3.63, 3.8) is 0 Å². The van der Waals surface area contributed by atoms with Gasteiger partial charge in [-0.2, -0.15) is 25.3 Å². The lowest BCUT2D eigenvalue weighted by molar-refractivity contribution is -0.00479. The third kappa shape index (κ3) is 5.21. The zero-order valence-corrected chi connectivity index (χ0v) is 18.0. The van der Waals surface area contributed by atoms with Crippen LogP contribution in [0.1, 0.15) is 38.5 Å². The molecule has 4 unspecified atom stereocenters. The minimum absolute atomic E-state index is 0.0656. The first kappa shape index (κ1) is 20.2. The molecule has 9 heteroatoms. The SMILES string of the molecule is CO[Si]1(CCCS)OC2CCCCC2O[Si](CCCS)(OC)O1. The molecule has 1 saturated heterocycles. The van der Waals surface area contributed by atoms with Gasteiger partial charge in [-0.3, -0.25) is 0 Å². The number of thiol groups is 2. The van der Waals surface area contributed by atoms with Crippen molar-refractivity contribution in [3.8, 4) is 0 Å². The minimum atomic E-state index is -2.80. The number of hydrogen-bond acceptors (Lipinski definition) is 7. The lowest BCUT2D eigenvalue weighted by Crippen LogP contribution is -2.56. The quantitative estimate of drug-likeness (QED) is 0.486. The predicted molar refractivity (Wildman–Crippen MR) is 101 cm³/mol. The van der Waals surface area contributed by atoms with Crippen molar-refractivity contribution in [3.05, 3.63) is 0 Å². The summed E-state index contributed by atoms with van der Waals surface area (Å²) in [5.74, 6) is 1.58. The molecule has 136 valence electrons. The highest BCUT2D eigenvalue weighted by atomic mass is 32.1. The van der Waals surface area contributed by atoms with E-state index >= 15 is 0 Å². The van der Waals surface area contributed by atoms with Gasteiger partial charge < -0.3 is 21.8 Å². The Morgan fingerprint density at radius 2 is 1.30 bits per heavy atom. The molecule has 0 aromatic rings. The maximum absolute atomic E-state index is 6.50. The van der Waals surface area contributed by atoms with Gasteiger partial charge >= 0.3 is 17.6 Å². The Morgan fingerprint density at radius 3 is 1.65 bits per heavy atom. The van der Waals surface area contributed by atoms with Crippen LogP contribution in [0.3, 0.4) is 0 Å². The van der Waals surface area contributed by atoms with Crippen LogP contribution >= 0.6 is 25.3 Å². The van der Waals surface area contributed by atoms with Gasteiger partial charge in [0.25, 0.3) is 0 Å². The Hall–Kier alpha value is 0.934. The summed E-state index contributed by atoms with van der Waals surface area (Å²) in [4.78, 5) is 0. The Kier molecular flexibility index (Phi) is 8.44. The molecule has 0 spiro atoms. The van der Waals surface area contributed by atoms with E-state index in [1.54, 1.807) is 14.2 Å². The van der Waals surface area contributed by atoms with E-state index in [0.717, 1.165) is 49.3 Å². The second-order valence-corrected chi connectivity index (χ2v) is 12.9. The Bertz CT molecular complexity index is 336. The van der Waals surface area contributed by atoms with Gasteiger partial charge in [-0.1, -0.05) is 12.8 Å². The van der Waals surface area contributed by atoms with Gasteiger partial charge in [0.15, 0.2) is 0 Å². The van der Waals surface area contributed by atoms with Crippen molar-refractivity contribution in [1.29, 1.82) is 0 Å². The molecule has 0 N–H and O–H groups in total. The topological polar surface area (TPSA) is 46.2 Å². The van der Waals surface area contributed by atoms with Crippen LogP contribution < -0.4 is 0 Å². The molecule has 0 bridgehead atoms. The Balaban J connectivity index is 2.26. The first-order valence-corrected chi connectivity index (χ1v) is 13.6.